The predicted octanol–water partition coefficient (Wildman–Crippen LogP) is 3.23. The summed E-state index contributed by atoms with van der Waals surface area (Å²) in [6.07, 6.45) is 6.02. The Labute approximate surface area is 113 Å². The minimum absolute atomic E-state index is 0.769. The van der Waals surface area contributed by atoms with Crippen LogP contribution in [0.1, 0.15) is 19.3 Å². The van der Waals surface area contributed by atoms with Gasteiger partial charge in [-0.2, -0.15) is 0 Å². The summed E-state index contributed by atoms with van der Waals surface area (Å²) in [7, 11) is 1.72. The molecular weight excluding hydrogens is 236 g/mol. The van der Waals surface area contributed by atoms with Gasteiger partial charge in [-0.25, -0.2) is 0 Å². The van der Waals surface area contributed by atoms with Crippen LogP contribution in [0.2, 0.25) is 0 Å². The molecule has 1 saturated carbocycles. The van der Waals surface area contributed by atoms with Crippen LogP contribution in [0.15, 0.2) is 30.5 Å². The maximum Gasteiger partial charge on any atom is 0.119 e. The molecule has 1 aliphatic heterocycles. The van der Waals surface area contributed by atoms with E-state index in [4.69, 9.17) is 4.74 Å². The van der Waals surface area contributed by atoms with Gasteiger partial charge in [0.05, 0.1) is 12.6 Å². The highest BCUT2D eigenvalue weighted by atomic mass is 16.5. The third kappa shape index (κ3) is 1.76. The van der Waals surface area contributed by atoms with Crippen molar-refractivity contribution < 1.29 is 4.74 Å². The number of pyridine rings is 1. The van der Waals surface area contributed by atoms with E-state index in [0.29, 0.717) is 0 Å². The van der Waals surface area contributed by atoms with Gasteiger partial charge in [0.25, 0.3) is 0 Å². The molecule has 0 N–H and O–H groups in total. The molecule has 2 aliphatic rings. The highest BCUT2D eigenvalue weighted by Crippen LogP contribution is 2.46. The van der Waals surface area contributed by atoms with Crippen molar-refractivity contribution in [2.45, 2.75) is 25.3 Å². The second kappa shape index (κ2) is 4.12. The number of piperidine rings is 1. The van der Waals surface area contributed by atoms with Gasteiger partial charge in [0.2, 0.25) is 0 Å². The number of methoxy groups -OCH3 is 1. The first kappa shape index (κ1) is 11.1. The molecule has 3 heteroatoms. The lowest BCUT2D eigenvalue weighted by Crippen LogP contribution is -2.31. The molecule has 2 fully saturated rings. The molecule has 0 radical (unpaired) electrons. The van der Waals surface area contributed by atoms with Crippen molar-refractivity contribution in [2.75, 3.05) is 18.6 Å². The van der Waals surface area contributed by atoms with Crippen LogP contribution in [0.4, 0.5) is 5.69 Å². The molecule has 2 heterocycles. The molecule has 1 aliphatic carbocycles. The Morgan fingerprint density at radius 3 is 3.16 bits per heavy atom. The van der Waals surface area contributed by atoms with Gasteiger partial charge < -0.3 is 9.64 Å². The second-order valence-electron chi connectivity index (χ2n) is 5.61. The standard InChI is InChI=1S/C16H18N2O/c1-19-12-4-5-14-13(10-12)15(6-7-17-14)18-8-2-3-11-9-16(11)18/h4-7,10-11,16H,2-3,8-9H2,1H3. The van der Waals surface area contributed by atoms with E-state index in [0.717, 1.165) is 23.2 Å². The zero-order chi connectivity index (χ0) is 12.8. The van der Waals surface area contributed by atoms with Crippen LogP contribution in [0.3, 0.4) is 0 Å². The molecule has 1 aromatic carbocycles. The number of anilines is 1. The first-order valence-corrected chi connectivity index (χ1v) is 7.06. The number of hydrogen-bond acceptors (Lipinski definition) is 3. The summed E-state index contributed by atoms with van der Waals surface area (Å²) < 4.78 is 5.36. The molecule has 0 amide bonds. The van der Waals surface area contributed by atoms with E-state index in [1.807, 2.05) is 18.3 Å². The van der Waals surface area contributed by atoms with Gasteiger partial charge in [0.1, 0.15) is 5.75 Å². The van der Waals surface area contributed by atoms with Gasteiger partial charge in [0, 0.05) is 29.9 Å². The second-order valence-corrected chi connectivity index (χ2v) is 5.61. The van der Waals surface area contributed by atoms with Crippen LogP contribution in [-0.4, -0.2) is 24.7 Å². The minimum atomic E-state index is 0.769. The summed E-state index contributed by atoms with van der Waals surface area (Å²) in [5.41, 5.74) is 2.39. The highest BCUT2D eigenvalue weighted by Gasteiger charge is 2.44. The Balaban J connectivity index is 1.84. The number of ether oxygens (including phenoxy) is 1. The minimum Gasteiger partial charge on any atom is -0.497 e. The molecule has 4 rings (SSSR count). The first-order chi connectivity index (χ1) is 9.36. The van der Waals surface area contributed by atoms with E-state index in [1.165, 1.54) is 36.9 Å². The smallest absolute Gasteiger partial charge is 0.119 e. The topological polar surface area (TPSA) is 25.4 Å². The maximum atomic E-state index is 5.36. The van der Waals surface area contributed by atoms with E-state index in [1.54, 1.807) is 7.11 Å². The number of benzene rings is 1. The van der Waals surface area contributed by atoms with Crippen LogP contribution in [0.25, 0.3) is 10.9 Å². The number of aromatic nitrogens is 1. The van der Waals surface area contributed by atoms with E-state index in [9.17, 15) is 0 Å². The number of rotatable bonds is 2. The van der Waals surface area contributed by atoms with Crippen LogP contribution in [0, 0.1) is 5.92 Å². The van der Waals surface area contributed by atoms with Gasteiger partial charge in [0.15, 0.2) is 0 Å². The molecule has 2 aromatic rings. The van der Waals surface area contributed by atoms with E-state index >= 15 is 0 Å². The summed E-state index contributed by atoms with van der Waals surface area (Å²) in [6, 6.07) is 9.07. The van der Waals surface area contributed by atoms with Gasteiger partial charge in [-0.05, 0) is 49.4 Å². The summed E-state index contributed by atoms with van der Waals surface area (Å²) in [4.78, 5) is 7.05. The molecule has 1 aromatic heterocycles. The molecule has 0 spiro atoms. The summed E-state index contributed by atoms with van der Waals surface area (Å²) in [5, 5.41) is 1.22. The highest BCUT2D eigenvalue weighted by molar-refractivity contribution is 5.92. The Kier molecular flexibility index (Phi) is 2.40. The molecule has 2 unspecified atom stereocenters. The normalized spacial score (nSPS) is 25.2. The Hall–Kier alpha value is -1.77. The van der Waals surface area contributed by atoms with Gasteiger partial charge in [-0.3, -0.25) is 4.98 Å². The fourth-order valence-corrected chi connectivity index (χ4v) is 3.40. The monoisotopic (exact) mass is 254 g/mol. The van der Waals surface area contributed by atoms with Crippen LogP contribution >= 0.6 is 0 Å². The van der Waals surface area contributed by atoms with Crippen molar-refractivity contribution in [1.82, 2.24) is 4.98 Å². The Bertz CT molecular complexity index is 625. The number of nitrogens with zero attached hydrogens (tertiary/aromatic N) is 2. The summed E-state index contributed by atoms with van der Waals surface area (Å²) >= 11 is 0. The Morgan fingerprint density at radius 1 is 1.32 bits per heavy atom. The lowest BCUT2D eigenvalue weighted by Gasteiger charge is -2.29. The molecule has 1 saturated heterocycles. The van der Waals surface area contributed by atoms with Crippen LogP contribution < -0.4 is 9.64 Å². The maximum absolute atomic E-state index is 5.36. The third-order valence-electron chi connectivity index (χ3n) is 4.49. The quantitative estimate of drug-likeness (QED) is 0.822. The van der Waals surface area contributed by atoms with Gasteiger partial charge >= 0.3 is 0 Å². The zero-order valence-electron chi connectivity index (χ0n) is 11.2. The molecular formula is C16H18N2O. The van der Waals surface area contributed by atoms with E-state index < -0.39 is 0 Å². The van der Waals surface area contributed by atoms with Crippen molar-refractivity contribution in [1.29, 1.82) is 0 Å². The van der Waals surface area contributed by atoms with Crippen LogP contribution in [-0.2, 0) is 0 Å². The van der Waals surface area contributed by atoms with Crippen molar-refractivity contribution >= 4 is 16.6 Å². The molecule has 3 nitrogen and oxygen atoms in total. The van der Waals surface area contributed by atoms with Crippen molar-refractivity contribution in [3.8, 4) is 5.75 Å². The number of hydrogen-bond donors (Lipinski definition) is 0. The molecule has 0 bridgehead atoms. The van der Waals surface area contributed by atoms with Crippen molar-refractivity contribution in [3.63, 3.8) is 0 Å². The fraction of sp³-hybridized carbons (Fsp3) is 0.438. The van der Waals surface area contributed by atoms with Gasteiger partial charge in [-0.1, -0.05) is 0 Å². The SMILES string of the molecule is COc1ccc2nccc(N3CCCC4CC43)c2c1. The van der Waals surface area contributed by atoms with E-state index in [2.05, 4.69) is 22.0 Å². The van der Waals surface area contributed by atoms with Crippen LogP contribution in [0.5, 0.6) is 5.75 Å². The zero-order valence-corrected chi connectivity index (χ0v) is 11.2. The summed E-state index contributed by atoms with van der Waals surface area (Å²) in [6.45, 7) is 1.18. The summed E-state index contributed by atoms with van der Waals surface area (Å²) in [5.74, 6) is 1.84. The van der Waals surface area contributed by atoms with Gasteiger partial charge in [-0.15, -0.1) is 0 Å². The molecule has 98 valence electrons. The first-order valence-electron chi connectivity index (χ1n) is 7.06. The molecule has 2 atom stereocenters. The Morgan fingerprint density at radius 2 is 2.26 bits per heavy atom. The van der Waals surface area contributed by atoms with E-state index in [-0.39, 0.29) is 0 Å². The van der Waals surface area contributed by atoms with Crippen molar-refractivity contribution in [3.05, 3.63) is 30.5 Å². The predicted molar refractivity (Wildman–Crippen MR) is 76.8 cm³/mol. The third-order valence-corrected chi connectivity index (χ3v) is 4.49. The average Bonchev–Trinajstić information content (AvgIpc) is 3.25. The van der Waals surface area contributed by atoms with Crippen molar-refractivity contribution in [2.24, 2.45) is 5.92 Å². The lowest BCUT2D eigenvalue weighted by atomic mass is 10.1. The fourth-order valence-electron chi connectivity index (χ4n) is 3.40. The largest absolute Gasteiger partial charge is 0.497 e. The number of fused-ring (bicyclic) bond motifs is 2. The molecule has 19 heavy (non-hydrogen) atoms. The average molecular weight is 254 g/mol. The lowest BCUT2D eigenvalue weighted by molar-refractivity contribution is 0.415.